The molecule has 0 aromatic heterocycles. The summed E-state index contributed by atoms with van der Waals surface area (Å²) < 4.78 is 82.4. The van der Waals surface area contributed by atoms with E-state index in [4.69, 9.17) is 5.11 Å². The van der Waals surface area contributed by atoms with Crippen molar-refractivity contribution in [3.05, 3.63) is 35.6 Å². The van der Waals surface area contributed by atoms with Crippen LogP contribution in [0, 0.1) is 5.82 Å². The Balaban J connectivity index is 3.72. The van der Waals surface area contributed by atoms with Crippen LogP contribution in [-0.2, 0) is 21.7 Å². The van der Waals surface area contributed by atoms with E-state index in [-0.39, 0.29) is 0 Å². The van der Waals surface area contributed by atoms with Crippen LogP contribution in [0.5, 0.6) is 0 Å². The van der Waals surface area contributed by atoms with Crippen LogP contribution < -0.4 is 4.72 Å². The molecule has 0 saturated carbocycles. The predicted octanol–water partition coefficient (Wildman–Crippen LogP) is 3.06. The third-order valence-electron chi connectivity index (χ3n) is 3.20. The summed E-state index contributed by atoms with van der Waals surface area (Å²) in [5.74, 6) is -9.52. The molecule has 0 aliphatic carbocycles. The Morgan fingerprint density at radius 3 is 2.12 bits per heavy atom. The molecule has 0 radical (unpaired) electrons. The molecule has 10 heteroatoms. The van der Waals surface area contributed by atoms with Gasteiger partial charge in [-0.3, -0.25) is 0 Å². The molecule has 0 bridgehead atoms. The third-order valence-corrected chi connectivity index (χ3v) is 4.82. The van der Waals surface area contributed by atoms with Crippen LogP contribution in [-0.4, -0.2) is 32.7 Å². The van der Waals surface area contributed by atoms with Crippen LogP contribution in [0.1, 0.15) is 26.3 Å². The number of nitrogens with one attached hydrogen (secondary N) is 1. The molecule has 0 aliphatic rings. The fraction of sp³-hybridized carbons (Fsp3) is 0.500. The molecule has 0 spiro atoms. The molecule has 1 aromatic rings. The molecule has 2 atom stereocenters. The van der Waals surface area contributed by atoms with Crippen LogP contribution >= 0.6 is 0 Å². The lowest BCUT2D eigenvalue weighted by atomic mass is 9.84. The molecular formula is C14H16F5NO3S. The minimum absolute atomic E-state index is 0.602. The van der Waals surface area contributed by atoms with Gasteiger partial charge in [0.1, 0.15) is 10.6 Å². The fourth-order valence-corrected chi connectivity index (χ4v) is 2.76. The predicted molar refractivity (Wildman–Crippen MR) is 77.7 cm³/mol. The van der Waals surface area contributed by atoms with E-state index < -0.39 is 51.3 Å². The first kappa shape index (κ1) is 20.7. The lowest BCUT2D eigenvalue weighted by molar-refractivity contribution is -0.193. The zero-order valence-electron chi connectivity index (χ0n) is 12.9. The van der Waals surface area contributed by atoms with E-state index in [0.717, 1.165) is 12.1 Å². The second-order valence-electron chi connectivity index (χ2n) is 5.95. The van der Waals surface area contributed by atoms with Crippen molar-refractivity contribution < 1.29 is 36.4 Å². The Labute approximate surface area is 138 Å². The molecule has 2 N–H and O–H groups in total. The quantitative estimate of drug-likeness (QED) is 0.594. The number of hydrogen-bond acceptors (Lipinski definition) is 3. The van der Waals surface area contributed by atoms with Gasteiger partial charge in [0, 0.05) is 16.9 Å². The second-order valence-corrected chi connectivity index (χ2v) is 7.92. The standard InChI is InChI=1S/C14H16F5NO3S/c1-12(2,3)24(23)20-13(10(16)17,14(18,19)11(21)22)8-6-4-5-7-9(8)15/h4-7,10,20H,1-3H3,(H,21,22)/t13?,24-/m1/s1. The van der Waals surface area contributed by atoms with E-state index in [0.29, 0.717) is 12.1 Å². The SMILES string of the molecule is CC(C)(C)[S@@+]([O-])NC(c1ccccc1F)(C(F)F)C(F)(F)C(=O)O. The Hall–Kier alpha value is -1.39. The summed E-state index contributed by atoms with van der Waals surface area (Å²) in [6, 6.07) is 3.29. The molecule has 24 heavy (non-hydrogen) atoms. The van der Waals surface area contributed by atoms with Gasteiger partial charge < -0.3 is 9.66 Å². The molecule has 1 rings (SSSR count). The second kappa shape index (κ2) is 6.85. The molecule has 0 heterocycles. The minimum atomic E-state index is -5.15. The Kier molecular flexibility index (Phi) is 5.89. The number of hydrogen-bond donors (Lipinski definition) is 2. The number of carboxylic acid groups (broad SMARTS) is 1. The first-order chi connectivity index (χ1) is 10.8. The van der Waals surface area contributed by atoms with E-state index in [1.807, 2.05) is 0 Å². The number of carbonyl (C=O) groups is 1. The van der Waals surface area contributed by atoms with Gasteiger partial charge in [0.05, 0.1) is 0 Å². The Bertz CT molecular complexity index is 608. The van der Waals surface area contributed by atoms with E-state index >= 15 is 0 Å². The van der Waals surface area contributed by atoms with Crippen LogP contribution in [0.2, 0.25) is 0 Å². The maximum atomic E-state index is 14.3. The zero-order valence-corrected chi connectivity index (χ0v) is 13.8. The number of alkyl halides is 4. The molecule has 0 aliphatic heterocycles. The van der Waals surface area contributed by atoms with Crippen LogP contribution in [0.4, 0.5) is 22.0 Å². The van der Waals surface area contributed by atoms with Gasteiger partial charge in [0.15, 0.2) is 0 Å². The zero-order chi connectivity index (χ0) is 18.9. The first-order valence-corrected chi connectivity index (χ1v) is 7.77. The summed E-state index contributed by atoms with van der Waals surface area (Å²) in [4.78, 5) is 10.9. The smallest absolute Gasteiger partial charge is 0.377 e. The Morgan fingerprint density at radius 2 is 1.75 bits per heavy atom. The van der Waals surface area contributed by atoms with Crippen LogP contribution in [0.3, 0.4) is 0 Å². The number of aliphatic carboxylic acids is 1. The molecule has 136 valence electrons. The molecule has 1 unspecified atom stereocenters. The van der Waals surface area contributed by atoms with Gasteiger partial charge in [-0.1, -0.05) is 18.2 Å². The van der Waals surface area contributed by atoms with Crippen LogP contribution in [0.15, 0.2) is 24.3 Å². The fourth-order valence-electron chi connectivity index (χ4n) is 1.84. The lowest BCUT2D eigenvalue weighted by Gasteiger charge is -2.39. The average Bonchev–Trinajstić information content (AvgIpc) is 2.43. The summed E-state index contributed by atoms with van der Waals surface area (Å²) in [6.07, 6.45) is -4.08. The highest BCUT2D eigenvalue weighted by Gasteiger charge is 2.70. The van der Waals surface area contributed by atoms with E-state index in [1.165, 1.54) is 25.5 Å². The minimum Gasteiger partial charge on any atom is -0.598 e. The highest BCUT2D eigenvalue weighted by atomic mass is 32.2. The number of benzene rings is 1. The maximum Gasteiger partial charge on any atom is 0.377 e. The van der Waals surface area contributed by atoms with Crippen molar-refractivity contribution in [3.63, 3.8) is 0 Å². The van der Waals surface area contributed by atoms with Gasteiger partial charge in [0.25, 0.3) is 6.43 Å². The van der Waals surface area contributed by atoms with Crippen molar-refractivity contribution in [2.45, 2.75) is 43.4 Å². The Morgan fingerprint density at radius 1 is 1.25 bits per heavy atom. The van der Waals surface area contributed by atoms with Gasteiger partial charge >= 0.3 is 11.9 Å². The molecular weight excluding hydrogens is 357 g/mol. The van der Waals surface area contributed by atoms with Gasteiger partial charge in [-0.15, -0.1) is 4.72 Å². The normalized spacial score (nSPS) is 16.8. The van der Waals surface area contributed by atoms with Gasteiger partial charge in [0.2, 0.25) is 5.54 Å². The molecule has 1 aromatic carbocycles. The molecule has 0 fully saturated rings. The topological polar surface area (TPSA) is 72.4 Å². The third kappa shape index (κ3) is 3.50. The molecule has 0 saturated heterocycles. The first-order valence-electron chi connectivity index (χ1n) is 6.62. The van der Waals surface area contributed by atoms with E-state index in [9.17, 15) is 31.3 Å². The van der Waals surface area contributed by atoms with Crippen molar-refractivity contribution in [1.29, 1.82) is 0 Å². The monoisotopic (exact) mass is 373 g/mol. The number of halogens is 5. The molecule has 4 nitrogen and oxygen atoms in total. The van der Waals surface area contributed by atoms with Gasteiger partial charge in [-0.05, 0) is 26.8 Å². The summed E-state index contributed by atoms with van der Waals surface area (Å²) in [6.45, 7) is 3.89. The number of rotatable bonds is 6. The van der Waals surface area contributed by atoms with Crippen molar-refractivity contribution in [2.24, 2.45) is 0 Å². The summed E-state index contributed by atoms with van der Waals surface area (Å²) in [5.41, 5.74) is -5.30. The molecule has 0 amide bonds. The van der Waals surface area contributed by atoms with E-state index in [2.05, 4.69) is 0 Å². The highest BCUT2D eigenvalue weighted by molar-refractivity contribution is 7.90. The van der Waals surface area contributed by atoms with Gasteiger partial charge in [-0.25, -0.2) is 18.0 Å². The summed E-state index contributed by atoms with van der Waals surface area (Å²) in [7, 11) is 0. The van der Waals surface area contributed by atoms with Crippen molar-refractivity contribution in [3.8, 4) is 0 Å². The van der Waals surface area contributed by atoms with E-state index in [1.54, 1.807) is 0 Å². The number of carboxylic acids is 1. The maximum absolute atomic E-state index is 14.3. The van der Waals surface area contributed by atoms with Crippen molar-refractivity contribution >= 4 is 17.3 Å². The summed E-state index contributed by atoms with van der Waals surface area (Å²) in [5, 5.41) is 8.75. The van der Waals surface area contributed by atoms with Crippen molar-refractivity contribution in [2.75, 3.05) is 0 Å². The van der Waals surface area contributed by atoms with Crippen molar-refractivity contribution in [1.82, 2.24) is 4.72 Å². The average molecular weight is 373 g/mol. The van der Waals surface area contributed by atoms with Gasteiger partial charge in [-0.2, -0.15) is 8.78 Å². The largest absolute Gasteiger partial charge is 0.598 e. The highest BCUT2D eigenvalue weighted by Crippen LogP contribution is 2.45. The summed E-state index contributed by atoms with van der Waals surface area (Å²) >= 11 is -2.54. The lowest BCUT2D eigenvalue weighted by Crippen LogP contribution is -2.67. The van der Waals surface area contributed by atoms with Crippen LogP contribution in [0.25, 0.3) is 0 Å².